The Hall–Kier alpha value is -1.52. The van der Waals surface area contributed by atoms with Crippen molar-refractivity contribution in [2.75, 3.05) is 6.54 Å². The van der Waals surface area contributed by atoms with Gasteiger partial charge < -0.3 is 10.7 Å². The minimum absolute atomic E-state index is 0.661. The van der Waals surface area contributed by atoms with Gasteiger partial charge >= 0.3 is 0 Å². The van der Waals surface area contributed by atoms with Crippen LogP contribution in [0.3, 0.4) is 0 Å². The van der Waals surface area contributed by atoms with Crippen molar-refractivity contribution in [3.63, 3.8) is 0 Å². The van der Waals surface area contributed by atoms with Gasteiger partial charge in [0.25, 0.3) is 0 Å². The van der Waals surface area contributed by atoms with Crippen molar-refractivity contribution < 1.29 is 0 Å². The standard InChI is InChI=1S/C20H18Cl2N2S/c21-12-9-15-14(6-3-4-8-23)19(24-20(15)17(22)10-12)16-11-25-18-7-2-1-5-13(16)18/h1-2,5,7,9-11,24H,3-4,6,8,23H2. The normalized spacial score (nSPS) is 11.6. The molecule has 0 amide bonds. The van der Waals surface area contributed by atoms with Crippen molar-refractivity contribution in [3.8, 4) is 11.3 Å². The second-order valence-corrected chi connectivity index (χ2v) is 7.93. The number of fused-ring (bicyclic) bond motifs is 2. The van der Waals surface area contributed by atoms with E-state index >= 15 is 0 Å². The van der Waals surface area contributed by atoms with Crippen LogP contribution in [0.15, 0.2) is 41.8 Å². The summed E-state index contributed by atoms with van der Waals surface area (Å²) in [6, 6.07) is 12.3. The summed E-state index contributed by atoms with van der Waals surface area (Å²) < 4.78 is 1.29. The van der Waals surface area contributed by atoms with Gasteiger partial charge in [-0.15, -0.1) is 11.3 Å². The highest BCUT2D eigenvalue weighted by molar-refractivity contribution is 7.17. The lowest BCUT2D eigenvalue weighted by atomic mass is 10.00. The van der Waals surface area contributed by atoms with E-state index in [1.54, 1.807) is 17.4 Å². The van der Waals surface area contributed by atoms with Crippen LogP contribution in [-0.2, 0) is 6.42 Å². The largest absolute Gasteiger partial charge is 0.353 e. The lowest BCUT2D eigenvalue weighted by Gasteiger charge is -2.05. The van der Waals surface area contributed by atoms with Crippen molar-refractivity contribution in [1.82, 2.24) is 4.98 Å². The number of hydrogen-bond acceptors (Lipinski definition) is 2. The number of nitrogens with two attached hydrogens (primary N) is 1. The van der Waals surface area contributed by atoms with E-state index in [-0.39, 0.29) is 0 Å². The molecule has 0 saturated heterocycles. The number of thiophene rings is 1. The van der Waals surface area contributed by atoms with Gasteiger partial charge in [0, 0.05) is 31.4 Å². The second kappa shape index (κ2) is 7.00. The van der Waals surface area contributed by atoms with Gasteiger partial charge in [-0.25, -0.2) is 0 Å². The molecular formula is C20H18Cl2N2S. The van der Waals surface area contributed by atoms with Crippen LogP contribution in [0.4, 0.5) is 0 Å². The van der Waals surface area contributed by atoms with Crippen LogP contribution in [0, 0.1) is 0 Å². The predicted octanol–water partition coefficient (Wildman–Crippen LogP) is 6.64. The zero-order valence-electron chi connectivity index (χ0n) is 13.6. The van der Waals surface area contributed by atoms with E-state index in [9.17, 15) is 0 Å². The highest BCUT2D eigenvalue weighted by Gasteiger charge is 2.18. The summed E-state index contributed by atoms with van der Waals surface area (Å²) >= 11 is 14.5. The Morgan fingerprint density at radius 1 is 1.04 bits per heavy atom. The maximum atomic E-state index is 6.46. The quantitative estimate of drug-likeness (QED) is 0.369. The minimum atomic E-state index is 0.661. The van der Waals surface area contributed by atoms with Gasteiger partial charge in [-0.05, 0) is 49.6 Å². The number of rotatable bonds is 5. The molecule has 0 fully saturated rings. The Bertz CT molecular complexity index is 1050. The molecule has 2 nitrogen and oxygen atoms in total. The van der Waals surface area contributed by atoms with Gasteiger partial charge in [0.2, 0.25) is 0 Å². The zero-order chi connectivity index (χ0) is 17.4. The Balaban J connectivity index is 1.95. The molecule has 0 unspecified atom stereocenters. The molecule has 0 saturated carbocycles. The molecule has 3 N–H and O–H groups in total. The molecule has 2 heterocycles. The number of aromatic amines is 1. The Kier molecular flexibility index (Phi) is 4.74. The number of H-pyrrole nitrogens is 1. The molecule has 5 heteroatoms. The monoisotopic (exact) mass is 388 g/mol. The lowest BCUT2D eigenvalue weighted by molar-refractivity contribution is 0.748. The molecule has 128 valence electrons. The topological polar surface area (TPSA) is 41.8 Å². The van der Waals surface area contributed by atoms with Crippen LogP contribution in [0.1, 0.15) is 18.4 Å². The first-order chi connectivity index (χ1) is 12.2. The minimum Gasteiger partial charge on any atom is -0.353 e. The van der Waals surface area contributed by atoms with E-state index in [1.807, 2.05) is 6.07 Å². The van der Waals surface area contributed by atoms with Crippen molar-refractivity contribution in [1.29, 1.82) is 0 Å². The number of halogens is 2. The van der Waals surface area contributed by atoms with E-state index in [4.69, 9.17) is 28.9 Å². The van der Waals surface area contributed by atoms with Crippen LogP contribution in [0.2, 0.25) is 10.0 Å². The molecule has 0 aliphatic carbocycles. The molecule has 4 rings (SSSR count). The molecule has 0 radical (unpaired) electrons. The van der Waals surface area contributed by atoms with E-state index in [0.29, 0.717) is 16.6 Å². The van der Waals surface area contributed by atoms with E-state index < -0.39 is 0 Å². The maximum Gasteiger partial charge on any atom is 0.0662 e. The number of unbranched alkanes of at least 4 members (excludes halogenated alkanes) is 1. The summed E-state index contributed by atoms with van der Waals surface area (Å²) in [6.07, 6.45) is 3.00. The van der Waals surface area contributed by atoms with Crippen LogP contribution in [-0.4, -0.2) is 11.5 Å². The third-order valence-corrected chi connectivity index (χ3v) is 6.04. The van der Waals surface area contributed by atoms with Crippen molar-refractivity contribution in [2.24, 2.45) is 5.73 Å². The summed E-state index contributed by atoms with van der Waals surface area (Å²) in [5, 5.41) is 5.92. The number of benzene rings is 2. The van der Waals surface area contributed by atoms with Crippen molar-refractivity contribution in [2.45, 2.75) is 19.3 Å². The number of hydrogen-bond donors (Lipinski definition) is 2. The van der Waals surface area contributed by atoms with Crippen LogP contribution >= 0.6 is 34.5 Å². The zero-order valence-corrected chi connectivity index (χ0v) is 15.9. The molecule has 4 aromatic rings. The first-order valence-electron chi connectivity index (χ1n) is 8.35. The molecule has 0 aliphatic rings. The third-order valence-electron chi connectivity index (χ3n) is 4.56. The summed E-state index contributed by atoms with van der Waals surface area (Å²) in [7, 11) is 0. The molecular weight excluding hydrogens is 371 g/mol. The van der Waals surface area contributed by atoms with Crippen molar-refractivity contribution in [3.05, 3.63) is 57.4 Å². The SMILES string of the molecule is NCCCCc1c(-c2csc3ccccc23)[nH]c2c(Cl)cc(Cl)cc12. The lowest BCUT2D eigenvalue weighted by Crippen LogP contribution is -1.99. The molecule has 25 heavy (non-hydrogen) atoms. The third kappa shape index (κ3) is 3.06. The first-order valence-corrected chi connectivity index (χ1v) is 9.99. The Morgan fingerprint density at radius 2 is 1.88 bits per heavy atom. The molecule has 2 aromatic heterocycles. The van der Waals surface area contributed by atoms with Gasteiger partial charge in [-0.3, -0.25) is 0 Å². The summed E-state index contributed by atoms with van der Waals surface area (Å²) in [5.41, 5.74) is 10.3. The maximum absolute atomic E-state index is 6.46. The van der Waals surface area contributed by atoms with Crippen molar-refractivity contribution >= 4 is 55.5 Å². The van der Waals surface area contributed by atoms with Gasteiger partial charge in [-0.1, -0.05) is 41.4 Å². The highest BCUT2D eigenvalue weighted by atomic mass is 35.5. The summed E-state index contributed by atoms with van der Waals surface area (Å²) in [5.74, 6) is 0. The highest BCUT2D eigenvalue weighted by Crippen LogP contribution is 2.40. The van der Waals surface area contributed by atoms with E-state index in [2.05, 4.69) is 34.6 Å². The molecule has 2 aromatic carbocycles. The first kappa shape index (κ1) is 16.9. The average Bonchev–Trinajstić information content (AvgIpc) is 3.17. The van der Waals surface area contributed by atoms with Gasteiger partial charge in [0.1, 0.15) is 0 Å². The molecule has 0 atom stereocenters. The smallest absolute Gasteiger partial charge is 0.0662 e. The number of aryl methyl sites for hydroxylation is 1. The average molecular weight is 389 g/mol. The fraction of sp³-hybridized carbons (Fsp3) is 0.200. The molecule has 0 spiro atoms. The second-order valence-electron chi connectivity index (χ2n) is 6.18. The summed E-state index contributed by atoms with van der Waals surface area (Å²) in [6.45, 7) is 0.709. The van der Waals surface area contributed by atoms with Gasteiger partial charge in [-0.2, -0.15) is 0 Å². The molecule has 0 bridgehead atoms. The number of aromatic nitrogens is 1. The molecule has 0 aliphatic heterocycles. The predicted molar refractivity (Wildman–Crippen MR) is 111 cm³/mol. The van der Waals surface area contributed by atoms with Crippen LogP contribution in [0.5, 0.6) is 0 Å². The van der Waals surface area contributed by atoms with Crippen LogP contribution in [0.25, 0.3) is 32.2 Å². The van der Waals surface area contributed by atoms with Crippen LogP contribution < -0.4 is 5.73 Å². The summed E-state index contributed by atoms with van der Waals surface area (Å²) in [4.78, 5) is 3.57. The van der Waals surface area contributed by atoms with Gasteiger partial charge in [0.15, 0.2) is 0 Å². The van der Waals surface area contributed by atoms with E-state index in [0.717, 1.165) is 35.9 Å². The fourth-order valence-electron chi connectivity index (χ4n) is 3.38. The van der Waals surface area contributed by atoms with Gasteiger partial charge in [0.05, 0.1) is 16.2 Å². The fourth-order valence-corrected chi connectivity index (χ4v) is 4.87. The Morgan fingerprint density at radius 3 is 2.72 bits per heavy atom. The Labute approximate surface area is 160 Å². The number of nitrogens with one attached hydrogen (secondary N) is 1. The van der Waals surface area contributed by atoms with E-state index in [1.165, 1.54) is 21.2 Å².